The zero-order chi connectivity index (χ0) is 25.2. The van der Waals surface area contributed by atoms with Crippen LogP contribution in [0.2, 0.25) is 5.02 Å². The van der Waals surface area contributed by atoms with Crippen LogP contribution in [0, 0.1) is 6.92 Å². The zero-order valence-electron chi connectivity index (χ0n) is 20.5. The first-order valence-corrected chi connectivity index (χ1v) is 13.4. The average molecular weight is 509 g/mol. The van der Waals surface area contributed by atoms with Crippen LogP contribution < -0.4 is 5.32 Å². The Hall–Kier alpha value is -2.76. The Labute approximate surface area is 218 Å². The van der Waals surface area contributed by atoms with Gasteiger partial charge in [0, 0.05) is 29.8 Å². The van der Waals surface area contributed by atoms with E-state index in [-0.39, 0.29) is 23.6 Å². The molecule has 1 atom stereocenters. The maximum Gasteiger partial charge on any atom is 0.243 e. The topological polar surface area (TPSA) is 49.4 Å². The molecule has 0 aliphatic carbocycles. The van der Waals surface area contributed by atoms with Crippen LogP contribution in [-0.4, -0.2) is 34.6 Å². The van der Waals surface area contributed by atoms with Crippen molar-refractivity contribution in [1.29, 1.82) is 0 Å². The van der Waals surface area contributed by atoms with Crippen LogP contribution in [0.25, 0.3) is 0 Å². The van der Waals surface area contributed by atoms with Gasteiger partial charge in [0.25, 0.3) is 0 Å². The summed E-state index contributed by atoms with van der Waals surface area (Å²) in [6, 6.07) is 25.0. The highest BCUT2D eigenvalue weighted by molar-refractivity contribution is 7.99. The maximum atomic E-state index is 13.6. The van der Waals surface area contributed by atoms with Crippen LogP contribution in [-0.2, 0) is 28.3 Å². The molecule has 0 fully saturated rings. The minimum Gasteiger partial charge on any atom is -0.352 e. The van der Waals surface area contributed by atoms with E-state index < -0.39 is 6.04 Å². The molecule has 0 spiro atoms. The molecule has 0 aliphatic heterocycles. The molecular weight excluding hydrogens is 476 g/mol. The fourth-order valence-electron chi connectivity index (χ4n) is 3.86. The lowest BCUT2D eigenvalue weighted by atomic mass is 10.0. The molecule has 0 saturated heterocycles. The first-order valence-electron chi connectivity index (χ1n) is 11.8. The van der Waals surface area contributed by atoms with E-state index >= 15 is 0 Å². The summed E-state index contributed by atoms with van der Waals surface area (Å²) in [5.41, 5.74) is 4.26. The van der Waals surface area contributed by atoms with Crippen molar-refractivity contribution in [3.8, 4) is 0 Å². The van der Waals surface area contributed by atoms with Crippen molar-refractivity contribution < 1.29 is 9.59 Å². The van der Waals surface area contributed by atoms with Crippen molar-refractivity contribution in [2.45, 2.75) is 51.6 Å². The lowest BCUT2D eigenvalue weighted by molar-refractivity contribution is -0.139. The van der Waals surface area contributed by atoms with Gasteiger partial charge in [-0.25, -0.2) is 0 Å². The number of hydrogen-bond acceptors (Lipinski definition) is 3. The smallest absolute Gasteiger partial charge is 0.243 e. The van der Waals surface area contributed by atoms with Gasteiger partial charge in [0.05, 0.1) is 5.75 Å². The van der Waals surface area contributed by atoms with Crippen LogP contribution in [0.4, 0.5) is 0 Å². The predicted octanol–water partition coefficient (Wildman–Crippen LogP) is 6.05. The fraction of sp³-hybridized carbons (Fsp3) is 0.310. The van der Waals surface area contributed by atoms with Crippen LogP contribution in [0.1, 0.15) is 36.1 Å². The SMILES string of the molecule is Cc1cccc(CN(C(=O)CSCc2ccc(Cl)cc2)C(Cc2ccccc2)C(=O)NC(C)C)c1. The van der Waals surface area contributed by atoms with Gasteiger partial charge in [0.2, 0.25) is 11.8 Å². The van der Waals surface area contributed by atoms with E-state index in [1.54, 1.807) is 16.7 Å². The van der Waals surface area contributed by atoms with Crippen LogP contribution in [0.15, 0.2) is 78.9 Å². The monoisotopic (exact) mass is 508 g/mol. The number of nitrogens with one attached hydrogen (secondary N) is 1. The number of halogens is 1. The molecule has 0 radical (unpaired) electrons. The van der Waals surface area contributed by atoms with Crippen molar-refractivity contribution in [2.24, 2.45) is 0 Å². The molecule has 0 aliphatic rings. The third-order valence-electron chi connectivity index (χ3n) is 5.54. The van der Waals surface area contributed by atoms with E-state index in [0.717, 1.165) is 22.3 Å². The number of rotatable bonds is 11. The summed E-state index contributed by atoms with van der Waals surface area (Å²) in [6.45, 7) is 6.29. The molecular formula is C29H33ClN2O2S. The first kappa shape index (κ1) is 26.8. The number of thioether (sulfide) groups is 1. The van der Waals surface area contributed by atoms with Crippen molar-refractivity contribution >= 4 is 35.2 Å². The first-order chi connectivity index (χ1) is 16.8. The molecule has 2 amide bonds. The molecule has 3 rings (SSSR count). The Morgan fingerprint density at radius 3 is 2.26 bits per heavy atom. The van der Waals surface area contributed by atoms with Crippen molar-refractivity contribution in [1.82, 2.24) is 10.2 Å². The molecule has 1 N–H and O–H groups in total. The van der Waals surface area contributed by atoms with Gasteiger partial charge in [-0.05, 0) is 49.6 Å². The summed E-state index contributed by atoms with van der Waals surface area (Å²) in [4.78, 5) is 28.7. The standard InChI is InChI=1S/C29H33ClN2O2S/c1-21(2)31-29(34)27(17-23-9-5-4-6-10-23)32(18-25-11-7-8-22(3)16-25)28(33)20-35-19-24-12-14-26(30)15-13-24/h4-16,21,27H,17-20H2,1-3H3,(H,31,34). The molecule has 3 aromatic carbocycles. The van der Waals surface area contributed by atoms with E-state index in [9.17, 15) is 9.59 Å². The Morgan fingerprint density at radius 2 is 1.60 bits per heavy atom. The second-order valence-electron chi connectivity index (χ2n) is 9.00. The quantitative estimate of drug-likeness (QED) is 0.343. The molecule has 184 valence electrons. The molecule has 0 bridgehead atoms. The minimum atomic E-state index is -0.607. The number of nitrogens with zero attached hydrogens (tertiary/aromatic N) is 1. The van der Waals surface area contributed by atoms with Gasteiger partial charge in [0.1, 0.15) is 6.04 Å². The molecule has 3 aromatic rings. The van der Waals surface area contributed by atoms with Gasteiger partial charge >= 0.3 is 0 Å². The van der Waals surface area contributed by atoms with E-state index in [1.807, 2.05) is 93.6 Å². The van der Waals surface area contributed by atoms with Gasteiger partial charge in [-0.3, -0.25) is 9.59 Å². The summed E-state index contributed by atoms with van der Waals surface area (Å²) >= 11 is 7.53. The predicted molar refractivity (Wildman–Crippen MR) is 147 cm³/mol. The van der Waals surface area contributed by atoms with Gasteiger partial charge in [0.15, 0.2) is 0 Å². The van der Waals surface area contributed by atoms with Gasteiger partial charge in [-0.15, -0.1) is 11.8 Å². The minimum absolute atomic E-state index is 0.0176. The van der Waals surface area contributed by atoms with Gasteiger partial charge < -0.3 is 10.2 Å². The van der Waals surface area contributed by atoms with Crippen LogP contribution in [0.5, 0.6) is 0 Å². The molecule has 0 saturated carbocycles. The third kappa shape index (κ3) is 8.75. The van der Waals surface area contributed by atoms with Crippen LogP contribution >= 0.6 is 23.4 Å². The van der Waals surface area contributed by atoms with Crippen molar-refractivity contribution in [2.75, 3.05) is 5.75 Å². The highest BCUT2D eigenvalue weighted by atomic mass is 35.5. The largest absolute Gasteiger partial charge is 0.352 e. The van der Waals surface area contributed by atoms with E-state index in [2.05, 4.69) is 11.4 Å². The number of amides is 2. The normalized spacial score (nSPS) is 11.8. The Kier molecular flexibility index (Phi) is 10.2. The molecule has 0 aromatic heterocycles. The maximum absolute atomic E-state index is 13.6. The third-order valence-corrected chi connectivity index (χ3v) is 6.79. The molecule has 35 heavy (non-hydrogen) atoms. The number of hydrogen-bond donors (Lipinski definition) is 1. The summed E-state index contributed by atoms with van der Waals surface area (Å²) in [5.74, 6) is 0.801. The van der Waals surface area contributed by atoms with Crippen molar-refractivity contribution in [3.63, 3.8) is 0 Å². The fourth-order valence-corrected chi connectivity index (χ4v) is 4.86. The second-order valence-corrected chi connectivity index (χ2v) is 10.4. The zero-order valence-corrected chi connectivity index (χ0v) is 22.1. The number of carbonyl (C=O) groups is 2. The average Bonchev–Trinajstić information content (AvgIpc) is 2.82. The summed E-state index contributed by atoms with van der Waals surface area (Å²) < 4.78 is 0. The van der Waals surface area contributed by atoms with Crippen molar-refractivity contribution in [3.05, 3.63) is 106 Å². The summed E-state index contributed by atoms with van der Waals surface area (Å²) in [7, 11) is 0. The van der Waals surface area contributed by atoms with Gasteiger partial charge in [-0.2, -0.15) is 0 Å². The molecule has 1 unspecified atom stereocenters. The Morgan fingerprint density at radius 1 is 0.914 bits per heavy atom. The van der Waals surface area contributed by atoms with Crippen LogP contribution in [0.3, 0.4) is 0 Å². The number of benzene rings is 3. The molecule has 4 nitrogen and oxygen atoms in total. The Balaban J connectivity index is 1.84. The van der Waals surface area contributed by atoms with Gasteiger partial charge in [-0.1, -0.05) is 83.9 Å². The number of aryl methyl sites for hydroxylation is 1. The number of carbonyl (C=O) groups excluding carboxylic acids is 2. The molecule has 0 heterocycles. The molecule has 6 heteroatoms. The van der Waals surface area contributed by atoms with E-state index in [0.29, 0.717) is 23.7 Å². The summed E-state index contributed by atoms with van der Waals surface area (Å²) in [6.07, 6.45) is 0.457. The Bertz CT molecular complexity index is 1100. The second kappa shape index (κ2) is 13.4. The summed E-state index contributed by atoms with van der Waals surface area (Å²) in [5, 5.41) is 3.72. The highest BCUT2D eigenvalue weighted by Gasteiger charge is 2.30. The highest BCUT2D eigenvalue weighted by Crippen LogP contribution is 2.20. The lowest BCUT2D eigenvalue weighted by Gasteiger charge is -2.32. The van der Waals surface area contributed by atoms with E-state index in [1.165, 1.54) is 0 Å². The van der Waals surface area contributed by atoms with E-state index in [4.69, 9.17) is 11.6 Å². The lowest BCUT2D eigenvalue weighted by Crippen LogP contribution is -2.52.